The van der Waals surface area contributed by atoms with E-state index in [9.17, 15) is 14.3 Å². The molecule has 0 aliphatic carbocycles. The van der Waals surface area contributed by atoms with Gasteiger partial charge in [-0.3, -0.25) is 14.7 Å². The van der Waals surface area contributed by atoms with Gasteiger partial charge in [0.25, 0.3) is 5.91 Å². The van der Waals surface area contributed by atoms with Crippen LogP contribution in [-0.2, 0) is 6.54 Å². The lowest BCUT2D eigenvalue weighted by molar-refractivity contribution is 0.0349. The number of pyridine rings is 1. The van der Waals surface area contributed by atoms with Crippen molar-refractivity contribution in [1.82, 2.24) is 15.2 Å². The maximum atomic E-state index is 13.5. The zero-order valence-corrected chi connectivity index (χ0v) is 14.6. The van der Waals surface area contributed by atoms with Crippen molar-refractivity contribution in [2.45, 2.75) is 25.1 Å². The summed E-state index contributed by atoms with van der Waals surface area (Å²) in [5, 5.41) is 13.3. The lowest BCUT2D eigenvalue weighted by Gasteiger charge is -2.36. The first kappa shape index (κ1) is 18.3. The van der Waals surface area contributed by atoms with Gasteiger partial charge in [-0.2, -0.15) is 0 Å². The average Bonchev–Trinajstić information content (AvgIpc) is 2.66. The molecule has 1 fully saturated rings. The summed E-state index contributed by atoms with van der Waals surface area (Å²) in [6.07, 6.45) is 3.09. The second-order valence-electron chi connectivity index (χ2n) is 6.38. The molecule has 1 aromatic heterocycles. The van der Waals surface area contributed by atoms with Crippen LogP contribution in [0.4, 0.5) is 4.39 Å². The number of halogens is 1. The van der Waals surface area contributed by atoms with E-state index in [0.29, 0.717) is 25.1 Å². The minimum Gasteiger partial charge on any atom is -0.494 e. The van der Waals surface area contributed by atoms with Crippen LogP contribution >= 0.6 is 0 Å². The molecular weight excluding hydrogens is 337 g/mol. The van der Waals surface area contributed by atoms with E-state index in [1.165, 1.54) is 13.2 Å². The van der Waals surface area contributed by atoms with Crippen molar-refractivity contribution < 1.29 is 19.0 Å². The minimum absolute atomic E-state index is 0.211. The first-order chi connectivity index (χ1) is 12.6. The van der Waals surface area contributed by atoms with Crippen molar-refractivity contribution >= 4 is 5.91 Å². The quantitative estimate of drug-likeness (QED) is 0.848. The predicted molar refractivity (Wildman–Crippen MR) is 94.3 cm³/mol. The summed E-state index contributed by atoms with van der Waals surface area (Å²) < 4.78 is 18.5. The van der Waals surface area contributed by atoms with Gasteiger partial charge in [0.2, 0.25) is 0 Å². The molecule has 1 aliphatic rings. The molecule has 0 bridgehead atoms. The van der Waals surface area contributed by atoms with Gasteiger partial charge in [0.15, 0.2) is 11.6 Å². The van der Waals surface area contributed by atoms with Crippen molar-refractivity contribution in [1.29, 1.82) is 0 Å². The summed E-state index contributed by atoms with van der Waals surface area (Å²) in [5.41, 5.74) is 1.43. The first-order valence-electron chi connectivity index (χ1n) is 8.50. The second-order valence-corrected chi connectivity index (χ2v) is 6.38. The number of carbonyl (C=O) groups excluding carboxylic acids is 1. The van der Waals surface area contributed by atoms with Crippen molar-refractivity contribution in [2.75, 3.05) is 20.2 Å². The number of amides is 1. The molecule has 1 aliphatic heterocycles. The zero-order chi connectivity index (χ0) is 18.5. The summed E-state index contributed by atoms with van der Waals surface area (Å²) in [7, 11) is 1.43. The fourth-order valence-corrected chi connectivity index (χ4v) is 3.12. The highest BCUT2D eigenvalue weighted by Crippen LogP contribution is 2.21. The SMILES string of the molecule is COc1cc(CN2CC[C@@H](NC(=O)c3ccncc3)[C@H](O)C2)ccc1F. The first-order valence-corrected chi connectivity index (χ1v) is 8.50. The number of aromatic nitrogens is 1. The maximum absolute atomic E-state index is 13.5. The van der Waals surface area contributed by atoms with Gasteiger partial charge in [-0.15, -0.1) is 0 Å². The lowest BCUT2D eigenvalue weighted by Crippen LogP contribution is -2.53. The maximum Gasteiger partial charge on any atom is 0.251 e. The Kier molecular flexibility index (Phi) is 5.80. The van der Waals surface area contributed by atoms with Gasteiger partial charge < -0.3 is 15.2 Å². The molecule has 1 saturated heterocycles. The van der Waals surface area contributed by atoms with E-state index in [0.717, 1.165) is 12.1 Å². The van der Waals surface area contributed by atoms with Crippen molar-refractivity contribution in [3.63, 3.8) is 0 Å². The second kappa shape index (κ2) is 8.25. The van der Waals surface area contributed by atoms with Gasteiger partial charge in [0, 0.05) is 37.6 Å². The van der Waals surface area contributed by atoms with Crippen LogP contribution < -0.4 is 10.1 Å². The number of hydrogen-bond donors (Lipinski definition) is 2. The molecule has 1 amide bonds. The molecule has 2 heterocycles. The standard InChI is InChI=1S/C19H22FN3O3/c1-26-18-10-13(2-3-15(18)20)11-23-9-6-16(17(24)12-23)22-19(25)14-4-7-21-8-5-14/h2-5,7-8,10,16-17,24H,6,9,11-12H2,1H3,(H,22,25)/t16-,17-/m1/s1. The third-order valence-electron chi connectivity index (χ3n) is 4.55. The Morgan fingerprint density at radius 2 is 2.15 bits per heavy atom. The topological polar surface area (TPSA) is 74.7 Å². The minimum atomic E-state index is -0.670. The molecule has 2 N–H and O–H groups in total. The Morgan fingerprint density at radius 1 is 1.38 bits per heavy atom. The van der Waals surface area contributed by atoms with Crippen molar-refractivity contribution in [2.24, 2.45) is 0 Å². The van der Waals surface area contributed by atoms with Gasteiger partial charge in [-0.1, -0.05) is 6.07 Å². The molecule has 26 heavy (non-hydrogen) atoms. The van der Waals surface area contributed by atoms with Gasteiger partial charge >= 0.3 is 0 Å². The van der Waals surface area contributed by atoms with Gasteiger partial charge in [0.1, 0.15) is 0 Å². The molecule has 6 nitrogen and oxygen atoms in total. The predicted octanol–water partition coefficient (Wildman–Crippen LogP) is 1.59. The molecule has 0 radical (unpaired) electrons. The van der Waals surface area contributed by atoms with E-state index in [2.05, 4.69) is 15.2 Å². The number of hydrogen-bond acceptors (Lipinski definition) is 5. The number of ether oxygens (including phenoxy) is 1. The number of aliphatic hydroxyl groups excluding tert-OH is 1. The number of nitrogens with one attached hydrogen (secondary N) is 1. The summed E-state index contributed by atoms with van der Waals surface area (Å²) in [6, 6.07) is 7.74. The van der Waals surface area contributed by atoms with Crippen LogP contribution in [0.25, 0.3) is 0 Å². The van der Waals surface area contributed by atoms with E-state index in [-0.39, 0.29) is 17.7 Å². The number of aliphatic hydroxyl groups is 1. The number of rotatable bonds is 5. The molecule has 0 spiro atoms. The number of piperidine rings is 1. The Hall–Kier alpha value is -2.51. The highest BCUT2D eigenvalue weighted by molar-refractivity contribution is 5.94. The Bertz CT molecular complexity index is 757. The van der Waals surface area contributed by atoms with Gasteiger partial charge in [-0.25, -0.2) is 4.39 Å². The summed E-state index contributed by atoms with van der Waals surface area (Å²) in [4.78, 5) is 18.2. The number of carbonyl (C=O) groups is 1. The smallest absolute Gasteiger partial charge is 0.251 e. The van der Waals surface area contributed by atoms with Crippen LogP contribution in [0.3, 0.4) is 0 Å². The van der Waals surface area contributed by atoms with Crippen LogP contribution in [0.5, 0.6) is 5.75 Å². The summed E-state index contributed by atoms with van der Waals surface area (Å²) in [5.74, 6) is -0.399. The summed E-state index contributed by atoms with van der Waals surface area (Å²) in [6.45, 7) is 1.73. The van der Waals surface area contributed by atoms with Crippen LogP contribution in [0.15, 0.2) is 42.7 Å². The molecule has 1 aromatic carbocycles. The average molecular weight is 359 g/mol. The molecule has 3 rings (SSSR count). The summed E-state index contributed by atoms with van der Waals surface area (Å²) >= 11 is 0. The molecule has 0 saturated carbocycles. The molecule has 7 heteroatoms. The van der Waals surface area contributed by atoms with Crippen LogP contribution in [-0.4, -0.2) is 53.2 Å². The third-order valence-corrected chi connectivity index (χ3v) is 4.55. The number of β-amino-alcohol motifs (C(OH)–C–C–N with tert-alkyl or cyclic N) is 1. The van der Waals surface area contributed by atoms with Crippen LogP contribution in [0.2, 0.25) is 0 Å². The molecule has 138 valence electrons. The van der Waals surface area contributed by atoms with Crippen LogP contribution in [0, 0.1) is 5.82 Å². The molecular formula is C19H22FN3O3. The van der Waals surface area contributed by atoms with E-state index in [1.54, 1.807) is 36.7 Å². The van der Waals surface area contributed by atoms with Gasteiger partial charge in [-0.05, 0) is 36.2 Å². The van der Waals surface area contributed by atoms with Gasteiger partial charge in [0.05, 0.1) is 19.3 Å². The Morgan fingerprint density at radius 3 is 2.85 bits per heavy atom. The van der Waals surface area contributed by atoms with E-state index >= 15 is 0 Å². The van der Waals surface area contributed by atoms with E-state index < -0.39 is 11.9 Å². The molecule has 2 aromatic rings. The van der Waals surface area contributed by atoms with Crippen LogP contribution in [0.1, 0.15) is 22.3 Å². The van der Waals surface area contributed by atoms with E-state index in [1.807, 2.05) is 0 Å². The normalized spacial score (nSPS) is 20.6. The number of nitrogens with zero attached hydrogens (tertiary/aromatic N) is 2. The third kappa shape index (κ3) is 4.36. The number of likely N-dealkylation sites (tertiary alicyclic amines) is 1. The Labute approximate surface area is 151 Å². The highest BCUT2D eigenvalue weighted by atomic mass is 19.1. The molecule has 0 unspecified atom stereocenters. The number of benzene rings is 1. The fourth-order valence-electron chi connectivity index (χ4n) is 3.12. The number of methoxy groups -OCH3 is 1. The Balaban J connectivity index is 1.56. The highest BCUT2D eigenvalue weighted by Gasteiger charge is 2.29. The lowest BCUT2D eigenvalue weighted by atomic mass is 10.0. The molecule has 2 atom stereocenters. The monoisotopic (exact) mass is 359 g/mol. The van der Waals surface area contributed by atoms with Crippen molar-refractivity contribution in [3.8, 4) is 5.75 Å². The van der Waals surface area contributed by atoms with E-state index in [4.69, 9.17) is 4.74 Å². The zero-order valence-electron chi connectivity index (χ0n) is 14.6. The van der Waals surface area contributed by atoms with Crippen molar-refractivity contribution in [3.05, 3.63) is 59.7 Å². The largest absolute Gasteiger partial charge is 0.494 e. The fraction of sp³-hybridized carbons (Fsp3) is 0.368.